The van der Waals surface area contributed by atoms with Crippen molar-refractivity contribution in [1.82, 2.24) is 9.99 Å². The van der Waals surface area contributed by atoms with E-state index in [1.165, 1.54) is 0 Å². The molecule has 2 rings (SSSR count). The lowest BCUT2D eigenvalue weighted by molar-refractivity contribution is 0.208. The number of rotatable bonds is 0. The summed E-state index contributed by atoms with van der Waals surface area (Å²) < 4.78 is 0. The van der Waals surface area contributed by atoms with Gasteiger partial charge in [0.15, 0.2) is 0 Å². The molecule has 62 valence electrons. The second kappa shape index (κ2) is 2.46. The van der Waals surface area contributed by atoms with Gasteiger partial charge in [0.25, 0.3) is 0 Å². The van der Waals surface area contributed by atoms with E-state index in [-0.39, 0.29) is 6.03 Å². The van der Waals surface area contributed by atoms with E-state index in [4.69, 9.17) is 5.84 Å². The van der Waals surface area contributed by atoms with Gasteiger partial charge in [-0.1, -0.05) is 6.07 Å². The van der Waals surface area contributed by atoms with Crippen molar-refractivity contribution in [2.24, 2.45) is 5.84 Å². The van der Waals surface area contributed by atoms with Crippen molar-refractivity contribution in [2.75, 3.05) is 5.32 Å². The van der Waals surface area contributed by atoms with Crippen LogP contribution in [0.4, 0.5) is 10.6 Å². The Bertz CT molecular complexity index is 325. The van der Waals surface area contributed by atoms with E-state index < -0.39 is 0 Å². The van der Waals surface area contributed by atoms with E-state index in [0.717, 1.165) is 10.6 Å². The first kappa shape index (κ1) is 7.05. The number of aromatic nitrogens is 1. The number of urea groups is 1. The highest BCUT2D eigenvalue weighted by Crippen LogP contribution is 2.17. The number of nitrogens with zero attached hydrogens (tertiary/aromatic N) is 2. The van der Waals surface area contributed by atoms with Crippen LogP contribution in [0, 0.1) is 0 Å². The van der Waals surface area contributed by atoms with Crippen molar-refractivity contribution in [3.05, 3.63) is 23.9 Å². The number of hydrogen-bond acceptors (Lipinski definition) is 3. The van der Waals surface area contributed by atoms with Crippen LogP contribution >= 0.6 is 0 Å². The summed E-state index contributed by atoms with van der Waals surface area (Å²) in [5, 5.41) is 3.68. The lowest BCUT2D eigenvalue weighted by Gasteiger charge is -2.23. The number of nitrogens with two attached hydrogens (primary N) is 1. The molecule has 2 heterocycles. The predicted molar refractivity (Wildman–Crippen MR) is 43.0 cm³/mol. The summed E-state index contributed by atoms with van der Waals surface area (Å²) in [7, 11) is 0. The third-order valence-corrected chi connectivity index (χ3v) is 1.72. The zero-order valence-electron chi connectivity index (χ0n) is 6.32. The SMILES string of the molecule is NN1Cc2cccnc2NC1=O. The topological polar surface area (TPSA) is 71.2 Å². The van der Waals surface area contributed by atoms with Gasteiger partial charge < -0.3 is 0 Å². The van der Waals surface area contributed by atoms with Gasteiger partial charge in [0.2, 0.25) is 0 Å². The Morgan fingerprint density at radius 1 is 1.67 bits per heavy atom. The third kappa shape index (κ3) is 0.998. The maximum atomic E-state index is 11.0. The second-order valence-electron chi connectivity index (χ2n) is 2.57. The first-order valence-electron chi connectivity index (χ1n) is 3.54. The van der Waals surface area contributed by atoms with Gasteiger partial charge in [0.05, 0.1) is 6.54 Å². The Labute approximate surface area is 69.2 Å². The number of anilines is 1. The molecule has 0 fully saturated rings. The molecule has 0 bridgehead atoms. The van der Waals surface area contributed by atoms with Gasteiger partial charge in [-0.2, -0.15) is 0 Å². The largest absolute Gasteiger partial charge is 0.337 e. The molecule has 0 radical (unpaired) electrons. The average Bonchev–Trinajstić information content (AvgIpc) is 2.07. The summed E-state index contributed by atoms with van der Waals surface area (Å²) in [4.78, 5) is 15.0. The fourth-order valence-corrected chi connectivity index (χ4v) is 1.11. The van der Waals surface area contributed by atoms with Crippen molar-refractivity contribution in [2.45, 2.75) is 6.54 Å². The molecule has 3 N–H and O–H groups in total. The number of carbonyl (C=O) groups excluding carboxylic acids is 1. The van der Waals surface area contributed by atoms with Gasteiger partial charge in [-0.15, -0.1) is 0 Å². The molecule has 12 heavy (non-hydrogen) atoms. The summed E-state index contributed by atoms with van der Waals surface area (Å²) in [5.41, 5.74) is 0.930. The summed E-state index contributed by atoms with van der Waals surface area (Å²) in [5.74, 6) is 5.99. The van der Waals surface area contributed by atoms with E-state index in [9.17, 15) is 4.79 Å². The summed E-state index contributed by atoms with van der Waals surface area (Å²) in [6.07, 6.45) is 1.63. The van der Waals surface area contributed by atoms with E-state index in [1.54, 1.807) is 6.20 Å². The molecule has 5 nitrogen and oxygen atoms in total. The molecule has 0 aromatic carbocycles. The zero-order chi connectivity index (χ0) is 8.55. The molecule has 1 aliphatic heterocycles. The maximum Gasteiger partial charge on any atom is 0.337 e. The van der Waals surface area contributed by atoms with Crippen LogP contribution < -0.4 is 11.2 Å². The van der Waals surface area contributed by atoms with Crippen LogP contribution in [0.2, 0.25) is 0 Å². The molecule has 1 aliphatic rings. The predicted octanol–water partition coefficient (Wildman–Crippen LogP) is 0.303. The molecule has 0 atom stereocenters. The van der Waals surface area contributed by atoms with Crippen molar-refractivity contribution in [3.8, 4) is 0 Å². The molecule has 0 aliphatic carbocycles. The van der Waals surface area contributed by atoms with Gasteiger partial charge in [-0.05, 0) is 6.07 Å². The smallest absolute Gasteiger partial charge is 0.291 e. The van der Waals surface area contributed by atoms with E-state index in [0.29, 0.717) is 12.4 Å². The maximum absolute atomic E-state index is 11.0. The Hall–Kier alpha value is -1.62. The minimum Gasteiger partial charge on any atom is -0.291 e. The monoisotopic (exact) mass is 164 g/mol. The Kier molecular flexibility index (Phi) is 1.44. The molecule has 1 aromatic rings. The van der Waals surface area contributed by atoms with Gasteiger partial charge >= 0.3 is 6.03 Å². The first-order valence-corrected chi connectivity index (χ1v) is 3.54. The number of hydrazine groups is 1. The zero-order valence-corrected chi connectivity index (χ0v) is 6.32. The van der Waals surface area contributed by atoms with Crippen molar-refractivity contribution in [3.63, 3.8) is 0 Å². The normalized spacial score (nSPS) is 15.4. The molecule has 0 unspecified atom stereocenters. The molecule has 2 amide bonds. The minimum absolute atomic E-state index is 0.318. The lowest BCUT2D eigenvalue weighted by atomic mass is 10.2. The molecule has 0 spiro atoms. The van der Waals surface area contributed by atoms with E-state index in [2.05, 4.69) is 10.3 Å². The molecule has 0 saturated heterocycles. The van der Waals surface area contributed by atoms with Gasteiger partial charge in [0, 0.05) is 11.8 Å². The van der Waals surface area contributed by atoms with Crippen LogP contribution in [0.25, 0.3) is 0 Å². The van der Waals surface area contributed by atoms with E-state index >= 15 is 0 Å². The number of hydrogen-bond donors (Lipinski definition) is 2. The van der Waals surface area contributed by atoms with Gasteiger partial charge in [-0.3, -0.25) is 10.3 Å². The van der Waals surface area contributed by atoms with Crippen LogP contribution in [0.3, 0.4) is 0 Å². The molecular formula is C7H8N4O. The number of nitrogens with one attached hydrogen (secondary N) is 1. The summed E-state index contributed by atoms with van der Waals surface area (Å²) >= 11 is 0. The Morgan fingerprint density at radius 2 is 2.50 bits per heavy atom. The van der Waals surface area contributed by atoms with Crippen molar-refractivity contribution >= 4 is 11.8 Å². The fourth-order valence-electron chi connectivity index (χ4n) is 1.11. The average molecular weight is 164 g/mol. The Morgan fingerprint density at radius 3 is 3.33 bits per heavy atom. The van der Waals surface area contributed by atoms with Crippen molar-refractivity contribution < 1.29 is 4.79 Å². The standard InChI is InChI=1S/C7H8N4O/c8-11-4-5-2-1-3-9-6(5)10-7(11)12/h1-3H,4,8H2,(H,9,10,12). The van der Waals surface area contributed by atoms with Gasteiger partial charge in [0.1, 0.15) is 5.82 Å². The van der Waals surface area contributed by atoms with E-state index in [1.807, 2.05) is 12.1 Å². The van der Waals surface area contributed by atoms with Crippen LogP contribution in [0.5, 0.6) is 0 Å². The molecule has 0 saturated carbocycles. The second-order valence-corrected chi connectivity index (χ2v) is 2.57. The molecule has 5 heteroatoms. The van der Waals surface area contributed by atoms with Crippen LogP contribution in [0.1, 0.15) is 5.56 Å². The van der Waals surface area contributed by atoms with Crippen LogP contribution in [0.15, 0.2) is 18.3 Å². The first-order chi connectivity index (χ1) is 5.77. The van der Waals surface area contributed by atoms with Gasteiger partial charge in [-0.25, -0.2) is 15.6 Å². The third-order valence-electron chi connectivity index (χ3n) is 1.72. The Balaban J connectivity index is 2.40. The highest BCUT2D eigenvalue weighted by atomic mass is 16.2. The van der Waals surface area contributed by atoms with Crippen LogP contribution in [-0.4, -0.2) is 16.0 Å². The summed E-state index contributed by atoms with van der Waals surface area (Å²) in [6.45, 7) is 0.412. The highest BCUT2D eigenvalue weighted by molar-refractivity contribution is 5.90. The minimum atomic E-state index is -0.318. The summed E-state index contributed by atoms with van der Waals surface area (Å²) in [6, 6.07) is 3.37. The number of pyridine rings is 1. The number of fused-ring (bicyclic) bond motifs is 1. The quantitative estimate of drug-likeness (QED) is 0.428. The fraction of sp³-hybridized carbons (Fsp3) is 0.143. The molecule has 1 aromatic heterocycles. The highest BCUT2D eigenvalue weighted by Gasteiger charge is 2.19. The number of carbonyl (C=O) groups is 1. The molecular weight excluding hydrogens is 156 g/mol. The number of amides is 2. The van der Waals surface area contributed by atoms with Crippen LogP contribution in [-0.2, 0) is 6.54 Å². The van der Waals surface area contributed by atoms with Crippen molar-refractivity contribution in [1.29, 1.82) is 0 Å². The lowest BCUT2D eigenvalue weighted by Crippen LogP contribution is -2.43.